The smallest absolute Gasteiger partial charge is 0.302 e. The number of nitrogens with zero attached hydrogens (tertiary/aromatic N) is 3. The topological polar surface area (TPSA) is 94.7 Å². The first-order valence-electron chi connectivity index (χ1n) is 11.3. The second-order valence-corrected chi connectivity index (χ2v) is 8.41. The van der Waals surface area contributed by atoms with Crippen molar-refractivity contribution in [2.45, 2.75) is 20.0 Å². The number of rotatable bonds is 8. The van der Waals surface area contributed by atoms with E-state index in [0.717, 1.165) is 5.56 Å². The largest absolute Gasteiger partial charge is 0.481 e. The average molecular weight is 525 g/mol. The lowest BCUT2D eigenvalue weighted by atomic mass is 10.1. The van der Waals surface area contributed by atoms with Crippen molar-refractivity contribution in [1.82, 2.24) is 19.3 Å². The molecule has 0 saturated heterocycles. The number of aryl methyl sites for hydroxylation is 1. The van der Waals surface area contributed by atoms with Crippen LogP contribution in [0.3, 0.4) is 0 Å². The highest BCUT2D eigenvalue weighted by molar-refractivity contribution is 6.30. The molecule has 0 aliphatic rings. The Morgan fingerprint density at radius 1 is 1.16 bits per heavy atom. The van der Waals surface area contributed by atoms with Crippen molar-refractivity contribution in [2.24, 2.45) is 7.05 Å². The number of halogens is 2. The summed E-state index contributed by atoms with van der Waals surface area (Å²) < 4.78 is 22.2. The number of nitrogens with one attached hydrogen (secondary N) is 1. The van der Waals surface area contributed by atoms with E-state index in [1.54, 1.807) is 23.9 Å². The van der Waals surface area contributed by atoms with Crippen LogP contribution in [0.2, 0.25) is 5.02 Å². The Bertz CT molecular complexity index is 1480. The van der Waals surface area contributed by atoms with Crippen LogP contribution in [0.25, 0.3) is 5.78 Å². The Morgan fingerprint density at radius 2 is 1.86 bits per heavy atom. The van der Waals surface area contributed by atoms with Crippen molar-refractivity contribution in [3.05, 3.63) is 112 Å². The quantitative estimate of drug-likeness (QED) is 0.350. The first kappa shape index (κ1) is 27.3. The number of amides is 1. The molecule has 0 radical (unpaired) electrons. The molecule has 1 N–H and O–H groups in total. The predicted octanol–water partition coefficient (Wildman–Crippen LogP) is 4.14. The molecule has 0 unspecified atom stereocenters. The van der Waals surface area contributed by atoms with Gasteiger partial charge in [0.2, 0.25) is 11.5 Å². The minimum absolute atomic E-state index is 0.0408. The van der Waals surface area contributed by atoms with E-state index in [2.05, 4.69) is 16.9 Å². The molecule has 0 bridgehead atoms. The lowest BCUT2D eigenvalue weighted by molar-refractivity contribution is -0.117. The predicted molar refractivity (Wildman–Crippen MR) is 140 cm³/mol. The fourth-order valence-corrected chi connectivity index (χ4v) is 3.46. The maximum absolute atomic E-state index is 13.6. The molecule has 0 aliphatic carbocycles. The highest BCUT2D eigenvalue weighted by atomic mass is 35.5. The monoisotopic (exact) mass is 524 g/mol. The lowest BCUT2D eigenvalue weighted by Gasteiger charge is -2.11. The molecule has 0 aliphatic heterocycles. The molecule has 1 amide bonds. The third-order valence-corrected chi connectivity index (χ3v) is 5.39. The van der Waals surface area contributed by atoms with Gasteiger partial charge in [0, 0.05) is 25.9 Å². The molecule has 0 saturated carbocycles. The van der Waals surface area contributed by atoms with Gasteiger partial charge in [-0.15, -0.1) is 6.58 Å². The number of hydrogen-bond donors (Lipinski definition) is 1. The van der Waals surface area contributed by atoms with E-state index in [-0.39, 0.29) is 47.6 Å². The minimum atomic E-state index is -0.737. The molecule has 2 heterocycles. The molecular formula is C27H26ClFN4O4. The summed E-state index contributed by atoms with van der Waals surface area (Å²) in [5, 5.41) is 2.44. The third-order valence-electron chi connectivity index (χ3n) is 5.08. The number of ketones is 1. The molecule has 8 nitrogen and oxygen atoms in total. The van der Waals surface area contributed by atoms with Crippen LogP contribution in [-0.2, 0) is 24.9 Å². The molecule has 0 spiro atoms. The summed E-state index contributed by atoms with van der Waals surface area (Å²) in [5.41, 5.74) is 0.453. The van der Waals surface area contributed by atoms with E-state index in [4.69, 9.17) is 16.3 Å². The van der Waals surface area contributed by atoms with Crippen LogP contribution in [0.4, 0.5) is 4.39 Å². The number of aromatic nitrogens is 3. The third kappa shape index (κ3) is 6.92. The van der Waals surface area contributed by atoms with Crippen molar-refractivity contribution in [2.75, 3.05) is 6.54 Å². The molecule has 0 fully saturated rings. The van der Waals surface area contributed by atoms with E-state index in [1.807, 2.05) is 37.3 Å². The zero-order valence-corrected chi connectivity index (χ0v) is 21.2. The molecule has 4 aromatic rings. The van der Waals surface area contributed by atoms with Crippen molar-refractivity contribution in [1.29, 1.82) is 0 Å². The number of carbonyl (C=O) groups is 2. The summed E-state index contributed by atoms with van der Waals surface area (Å²) in [4.78, 5) is 42.6. The minimum Gasteiger partial charge on any atom is -0.481 e. The second kappa shape index (κ2) is 12.6. The van der Waals surface area contributed by atoms with Gasteiger partial charge in [0.05, 0.1) is 11.6 Å². The van der Waals surface area contributed by atoms with Gasteiger partial charge >= 0.3 is 5.56 Å². The summed E-state index contributed by atoms with van der Waals surface area (Å²) in [6.07, 6.45) is 4.80. The van der Waals surface area contributed by atoms with Gasteiger partial charge < -0.3 is 14.6 Å². The number of hydrogen-bond acceptors (Lipinski definition) is 5. The summed E-state index contributed by atoms with van der Waals surface area (Å²) >= 11 is 5.66. The lowest BCUT2D eigenvalue weighted by Crippen LogP contribution is -2.33. The maximum Gasteiger partial charge on any atom is 0.302 e. The number of allylic oxidation sites excluding steroid dienone is 1. The van der Waals surface area contributed by atoms with Crippen LogP contribution in [0.1, 0.15) is 28.5 Å². The number of ether oxygens (including phenoxy) is 1. The number of Topliss-reactive ketones (excluding diaryl/α,β-unsaturated/α-hetero) is 1. The zero-order valence-electron chi connectivity index (χ0n) is 20.4. The van der Waals surface area contributed by atoms with E-state index >= 15 is 0 Å². The van der Waals surface area contributed by atoms with Gasteiger partial charge in [-0.2, -0.15) is 0 Å². The fraction of sp³-hybridized carbons (Fsp3) is 0.185. The SMILES string of the molecule is C=CC.Cn1ccn2c(=O)c(OCc3ccccc3)c(C(=O)NCC(=O)Cc3ccc(Cl)c(F)c3)nc12. The van der Waals surface area contributed by atoms with Crippen LogP contribution in [0, 0.1) is 5.82 Å². The van der Waals surface area contributed by atoms with E-state index in [1.165, 1.54) is 28.8 Å². The molecule has 37 heavy (non-hydrogen) atoms. The Balaban J connectivity index is 0.00000121. The normalized spacial score (nSPS) is 10.4. The summed E-state index contributed by atoms with van der Waals surface area (Å²) in [6.45, 7) is 4.97. The summed E-state index contributed by atoms with van der Waals surface area (Å²) in [5.74, 6) is -1.71. The molecule has 10 heteroatoms. The van der Waals surface area contributed by atoms with Crippen LogP contribution in [0.15, 0.2) is 78.4 Å². The maximum atomic E-state index is 13.6. The first-order chi connectivity index (χ1) is 17.7. The first-order valence-corrected chi connectivity index (χ1v) is 11.7. The Morgan fingerprint density at radius 3 is 2.54 bits per heavy atom. The Labute approximate surface area is 218 Å². The highest BCUT2D eigenvalue weighted by Crippen LogP contribution is 2.17. The number of carbonyl (C=O) groups excluding carboxylic acids is 2. The molecule has 4 rings (SSSR count). The van der Waals surface area contributed by atoms with Gasteiger partial charge in [0.1, 0.15) is 12.4 Å². The summed E-state index contributed by atoms with van der Waals surface area (Å²) in [7, 11) is 1.68. The zero-order chi connectivity index (χ0) is 26.9. The van der Waals surface area contributed by atoms with Gasteiger partial charge in [-0.3, -0.25) is 14.4 Å². The fourth-order valence-electron chi connectivity index (χ4n) is 3.34. The van der Waals surface area contributed by atoms with Crippen LogP contribution in [0.5, 0.6) is 5.75 Å². The van der Waals surface area contributed by atoms with Gasteiger partial charge in [0.15, 0.2) is 11.5 Å². The van der Waals surface area contributed by atoms with Gasteiger partial charge in [-0.05, 0) is 30.2 Å². The molecule has 0 atom stereocenters. The van der Waals surface area contributed by atoms with Crippen molar-refractivity contribution in [3.8, 4) is 5.75 Å². The highest BCUT2D eigenvalue weighted by Gasteiger charge is 2.22. The molecule has 2 aromatic carbocycles. The number of imidazole rings is 1. The van der Waals surface area contributed by atoms with E-state index in [0.29, 0.717) is 5.56 Å². The molecule has 192 valence electrons. The van der Waals surface area contributed by atoms with Crippen LogP contribution < -0.4 is 15.6 Å². The number of fused-ring (bicyclic) bond motifs is 1. The van der Waals surface area contributed by atoms with Crippen molar-refractivity contribution < 1.29 is 18.7 Å². The van der Waals surface area contributed by atoms with Gasteiger partial charge in [0.25, 0.3) is 5.91 Å². The van der Waals surface area contributed by atoms with Crippen molar-refractivity contribution >= 4 is 29.1 Å². The van der Waals surface area contributed by atoms with Crippen LogP contribution in [-0.4, -0.2) is 32.2 Å². The van der Waals surface area contributed by atoms with Gasteiger partial charge in [-0.25, -0.2) is 13.8 Å². The Kier molecular flexibility index (Phi) is 9.34. The second-order valence-electron chi connectivity index (χ2n) is 8.00. The van der Waals surface area contributed by atoms with E-state index in [9.17, 15) is 18.8 Å². The number of benzene rings is 2. The van der Waals surface area contributed by atoms with Gasteiger partial charge in [-0.1, -0.05) is 54.1 Å². The Hall–Kier alpha value is -4.24. The summed E-state index contributed by atoms with van der Waals surface area (Å²) in [6, 6.07) is 13.2. The molecular weight excluding hydrogens is 499 g/mol. The standard InChI is InChI=1S/C24H20ClFN4O4.C3H6/c1-29-9-10-30-23(33)21(34-14-15-5-3-2-4-6-15)20(28-24(29)30)22(32)27-13-17(31)11-16-7-8-18(25)19(26)12-16;1-3-2/h2-10,12H,11,13-14H2,1H3,(H,27,32);3H,1H2,2H3. The molecule has 2 aromatic heterocycles. The van der Waals surface area contributed by atoms with Crippen LogP contribution >= 0.6 is 11.6 Å². The van der Waals surface area contributed by atoms with Crippen molar-refractivity contribution in [3.63, 3.8) is 0 Å². The van der Waals surface area contributed by atoms with E-state index < -0.39 is 17.3 Å². The average Bonchev–Trinajstić information content (AvgIpc) is 3.26.